The van der Waals surface area contributed by atoms with Crippen LogP contribution in [-0.4, -0.2) is 42.6 Å². The topological polar surface area (TPSA) is 102 Å². The maximum absolute atomic E-state index is 11.8. The van der Waals surface area contributed by atoms with Crippen LogP contribution < -0.4 is 11.5 Å². The van der Waals surface area contributed by atoms with Crippen LogP contribution in [0.4, 0.5) is 0 Å². The maximum Gasteiger partial charge on any atom is 0.252 e. The van der Waals surface area contributed by atoms with E-state index in [9.17, 15) is 9.59 Å². The summed E-state index contributed by atoms with van der Waals surface area (Å²) >= 11 is 0. The molecule has 1 aliphatic heterocycles. The summed E-state index contributed by atoms with van der Waals surface area (Å²) < 4.78 is 0. The van der Waals surface area contributed by atoms with E-state index in [0.717, 1.165) is 17.5 Å². The molecule has 6 nitrogen and oxygen atoms in total. The van der Waals surface area contributed by atoms with E-state index in [1.807, 2.05) is 31.2 Å². The van der Waals surface area contributed by atoms with Crippen LogP contribution in [0.1, 0.15) is 11.1 Å². The van der Waals surface area contributed by atoms with Gasteiger partial charge in [0.25, 0.3) is 5.91 Å². The van der Waals surface area contributed by atoms with Gasteiger partial charge < -0.3 is 16.4 Å². The van der Waals surface area contributed by atoms with Crippen molar-refractivity contribution in [2.75, 3.05) is 19.6 Å². The molecule has 1 heterocycles. The Kier molecular flexibility index (Phi) is 4.37. The number of primary amides is 1. The fraction of sp³-hybridized carbons (Fsp3) is 0.267. The molecule has 21 heavy (non-hydrogen) atoms. The number of aryl methyl sites for hydroxylation is 1. The van der Waals surface area contributed by atoms with Gasteiger partial charge in [0.2, 0.25) is 6.41 Å². The minimum atomic E-state index is -0.638. The number of benzene rings is 1. The summed E-state index contributed by atoms with van der Waals surface area (Å²) in [6.07, 6.45) is 0.732. The number of carbonyl (C=O) groups excluding carboxylic acids is 2. The SMILES string of the molecule is Cc1cccc(C(N)=C(C(N)=O)C2=NCCN(C=O)C2)c1. The third-order valence-corrected chi connectivity index (χ3v) is 3.33. The Morgan fingerprint density at radius 1 is 1.38 bits per heavy atom. The molecule has 1 aromatic rings. The first kappa shape index (κ1) is 14.8. The van der Waals surface area contributed by atoms with Crippen LogP contribution in [0.3, 0.4) is 0 Å². The average Bonchev–Trinajstić information content (AvgIpc) is 2.47. The van der Waals surface area contributed by atoms with Crippen LogP contribution in [0, 0.1) is 6.92 Å². The van der Waals surface area contributed by atoms with Crippen molar-refractivity contribution in [1.29, 1.82) is 0 Å². The van der Waals surface area contributed by atoms with Gasteiger partial charge in [-0.3, -0.25) is 14.6 Å². The molecular formula is C15H18N4O2. The molecule has 0 unspecified atom stereocenters. The van der Waals surface area contributed by atoms with Crippen LogP contribution in [0.2, 0.25) is 0 Å². The fourth-order valence-electron chi connectivity index (χ4n) is 2.27. The van der Waals surface area contributed by atoms with Crippen LogP contribution in [0.5, 0.6) is 0 Å². The summed E-state index contributed by atoms with van der Waals surface area (Å²) in [6, 6.07) is 7.48. The number of rotatable bonds is 4. The van der Waals surface area contributed by atoms with Gasteiger partial charge in [0.1, 0.15) is 0 Å². The standard InChI is InChI=1S/C15H18N4O2/c1-10-3-2-4-11(7-10)14(16)13(15(17)21)12-8-19(9-20)6-5-18-12/h2-4,7,9H,5-6,8,16H2,1H3,(H2,17,21). The Morgan fingerprint density at radius 3 is 2.76 bits per heavy atom. The van der Waals surface area contributed by atoms with Crippen molar-refractivity contribution in [1.82, 2.24) is 4.90 Å². The monoisotopic (exact) mass is 286 g/mol. The van der Waals surface area contributed by atoms with Gasteiger partial charge in [0.05, 0.1) is 30.1 Å². The molecule has 6 heteroatoms. The van der Waals surface area contributed by atoms with Crippen molar-refractivity contribution >= 4 is 23.7 Å². The molecule has 0 saturated heterocycles. The van der Waals surface area contributed by atoms with Gasteiger partial charge in [0.15, 0.2) is 0 Å². The number of nitrogens with zero attached hydrogens (tertiary/aromatic N) is 2. The summed E-state index contributed by atoms with van der Waals surface area (Å²) in [5.41, 5.74) is 14.3. The van der Waals surface area contributed by atoms with Gasteiger partial charge >= 0.3 is 0 Å². The second-order valence-corrected chi connectivity index (χ2v) is 4.93. The molecule has 0 aliphatic carbocycles. The van der Waals surface area contributed by atoms with Gasteiger partial charge in [-0.15, -0.1) is 0 Å². The Bertz CT molecular complexity index is 634. The quantitative estimate of drug-likeness (QED) is 0.604. The van der Waals surface area contributed by atoms with E-state index in [2.05, 4.69) is 4.99 Å². The summed E-state index contributed by atoms with van der Waals surface area (Å²) in [6.45, 7) is 3.15. The molecule has 4 N–H and O–H groups in total. The number of amides is 2. The largest absolute Gasteiger partial charge is 0.398 e. The minimum absolute atomic E-state index is 0.187. The van der Waals surface area contributed by atoms with Crippen LogP contribution >= 0.6 is 0 Å². The number of hydrogen-bond donors (Lipinski definition) is 2. The molecule has 0 spiro atoms. The van der Waals surface area contributed by atoms with Crippen molar-refractivity contribution in [2.45, 2.75) is 6.92 Å². The van der Waals surface area contributed by atoms with Gasteiger partial charge in [-0.25, -0.2) is 0 Å². The van der Waals surface area contributed by atoms with Crippen LogP contribution in [0.15, 0.2) is 34.8 Å². The predicted octanol–water partition coefficient (Wildman–Crippen LogP) is 0.0631. The highest BCUT2D eigenvalue weighted by molar-refractivity contribution is 6.26. The lowest BCUT2D eigenvalue weighted by atomic mass is 10.00. The Balaban J connectivity index is 2.47. The third kappa shape index (κ3) is 3.28. The van der Waals surface area contributed by atoms with E-state index in [4.69, 9.17) is 11.5 Å². The van der Waals surface area contributed by atoms with E-state index in [1.54, 1.807) is 0 Å². The highest BCUT2D eigenvalue weighted by Gasteiger charge is 2.22. The third-order valence-electron chi connectivity index (χ3n) is 3.33. The fourth-order valence-corrected chi connectivity index (χ4v) is 2.27. The van der Waals surface area contributed by atoms with Crippen molar-refractivity contribution in [3.05, 3.63) is 41.0 Å². The van der Waals surface area contributed by atoms with E-state index in [0.29, 0.717) is 18.8 Å². The zero-order valence-electron chi connectivity index (χ0n) is 11.9. The number of hydrogen-bond acceptors (Lipinski definition) is 4. The molecule has 0 aromatic heterocycles. The lowest BCUT2D eigenvalue weighted by molar-refractivity contribution is -0.118. The summed E-state index contributed by atoms with van der Waals surface area (Å²) in [5.74, 6) is -0.638. The van der Waals surface area contributed by atoms with Gasteiger partial charge in [-0.2, -0.15) is 0 Å². The molecule has 0 saturated carbocycles. The zero-order valence-corrected chi connectivity index (χ0v) is 11.9. The van der Waals surface area contributed by atoms with Crippen molar-refractivity contribution < 1.29 is 9.59 Å². The normalized spacial score (nSPS) is 16.0. The first-order valence-corrected chi connectivity index (χ1v) is 6.62. The Labute approximate surface area is 123 Å². The van der Waals surface area contributed by atoms with Crippen molar-refractivity contribution in [2.24, 2.45) is 16.5 Å². The van der Waals surface area contributed by atoms with Crippen LogP contribution in [-0.2, 0) is 9.59 Å². The van der Waals surface area contributed by atoms with Gasteiger partial charge in [-0.05, 0) is 18.6 Å². The van der Waals surface area contributed by atoms with E-state index in [-0.39, 0.29) is 17.8 Å². The summed E-state index contributed by atoms with van der Waals surface area (Å²) in [5, 5.41) is 0. The van der Waals surface area contributed by atoms with Crippen molar-refractivity contribution in [3.63, 3.8) is 0 Å². The lowest BCUT2D eigenvalue weighted by Crippen LogP contribution is -2.39. The van der Waals surface area contributed by atoms with Gasteiger partial charge in [0, 0.05) is 6.54 Å². The first-order valence-electron chi connectivity index (χ1n) is 6.62. The highest BCUT2D eigenvalue weighted by Crippen LogP contribution is 2.17. The molecular weight excluding hydrogens is 268 g/mol. The Morgan fingerprint density at radius 2 is 2.14 bits per heavy atom. The molecule has 1 aliphatic rings. The van der Waals surface area contributed by atoms with Crippen molar-refractivity contribution in [3.8, 4) is 0 Å². The second kappa shape index (κ2) is 6.21. The average molecular weight is 286 g/mol. The molecule has 0 bridgehead atoms. The molecule has 0 atom stereocenters. The number of aliphatic imine (C=N–C) groups is 1. The molecule has 2 rings (SSSR count). The number of nitrogens with two attached hydrogens (primary N) is 2. The van der Waals surface area contributed by atoms with E-state index < -0.39 is 5.91 Å². The lowest BCUT2D eigenvalue weighted by Gasteiger charge is -2.24. The first-order chi connectivity index (χ1) is 10.0. The molecule has 2 amide bonds. The minimum Gasteiger partial charge on any atom is -0.398 e. The molecule has 1 aromatic carbocycles. The zero-order chi connectivity index (χ0) is 15.4. The maximum atomic E-state index is 11.8. The van der Waals surface area contributed by atoms with Crippen LogP contribution in [0.25, 0.3) is 5.70 Å². The highest BCUT2D eigenvalue weighted by atomic mass is 16.1. The van der Waals surface area contributed by atoms with Gasteiger partial charge in [-0.1, -0.05) is 23.8 Å². The molecule has 0 radical (unpaired) electrons. The summed E-state index contributed by atoms with van der Waals surface area (Å²) in [4.78, 5) is 28.5. The second-order valence-electron chi connectivity index (χ2n) is 4.93. The predicted molar refractivity (Wildman–Crippen MR) is 81.4 cm³/mol. The Hall–Kier alpha value is -2.63. The molecule has 110 valence electrons. The molecule has 0 fully saturated rings. The smallest absolute Gasteiger partial charge is 0.252 e. The number of carbonyl (C=O) groups is 2. The summed E-state index contributed by atoms with van der Waals surface area (Å²) in [7, 11) is 0. The van der Waals surface area contributed by atoms with E-state index >= 15 is 0 Å². The van der Waals surface area contributed by atoms with E-state index in [1.165, 1.54) is 4.90 Å².